The van der Waals surface area contributed by atoms with Crippen LogP contribution >= 0.6 is 0 Å². The number of benzene rings is 2. The van der Waals surface area contributed by atoms with Crippen LogP contribution in [0.2, 0.25) is 0 Å². The molecule has 0 aliphatic rings. The standard InChI is InChI=1S/C22H17F2N3O4/c23-15-7-6-14(17(24)10-15)12-31-19-5-1-3-13-9-16(27(20(13)19)22(29)30)11-26-8-2-4-18(25)21(26)28/h1-10H,11-12,25H2,(H,29,30). The largest absolute Gasteiger partial charge is 0.487 e. The van der Waals surface area contributed by atoms with Crippen LogP contribution in [0.1, 0.15) is 11.3 Å². The number of fused-ring (bicyclic) bond motifs is 1. The Kier molecular flexibility index (Phi) is 5.16. The van der Waals surface area contributed by atoms with Crippen molar-refractivity contribution < 1.29 is 23.4 Å². The number of hydrogen-bond acceptors (Lipinski definition) is 4. The van der Waals surface area contributed by atoms with Crippen LogP contribution < -0.4 is 16.0 Å². The monoisotopic (exact) mass is 425 g/mol. The maximum atomic E-state index is 13.9. The van der Waals surface area contributed by atoms with Crippen LogP contribution in [0.5, 0.6) is 5.75 Å². The molecule has 7 nitrogen and oxygen atoms in total. The van der Waals surface area contributed by atoms with Crippen molar-refractivity contribution in [1.82, 2.24) is 9.13 Å². The lowest BCUT2D eigenvalue weighted by molar-refractivity contribution is 0.196. The van der Waals surface area contributed by atoms with Crippen molar-refractivity contribution in [2.24, 2.45) is 0 Å². The molecule has 31 heavy (non-hydrogen) atoms. The minimum absolute atomic E-state index is 0.0309. The van der Waals surface area contributed by atoms with Gasteiger partial charge in [-0.05, 0) is 36.4 Å². The molecule has 0 spiro atoms. The molecule has 2 aromatic heterocycles. The van der Waals surface area contributed by atoms with Gasteiger partial charge in [0.25, 0.3) is 5.56 Å². The van der Waals surface area contributed by atoms with Gasteiger partial charge < -0.3 is 20.1 Å². The van der Waals surface area contributed by atoms with Gasteiger partial charge in [-0.3, -0.25) is 4.79 Å². The molecule has 0 amide bonds. The number of rotatable bonds is 5. The Morgan fingerprint density at radius 3 is 2.65 bits per heavy atom. The average molecular weight is 425 g/mol. The second kappa shape index (κ2) is 7.94. The van der Waals surface area contributed by atoms with E-state index < -0.39 is 23.3 Å². The molecule has 0 atom stereocenters. The molecule has 0 fully saturated rings. The second-order valence-corrected chi connectivity index (χ2v) is 6.87. The predicted octanol–water partition coefficient (Wildman–Crippen LogP) is 3.82. The number of nitrogen functional groups attached to an aromatic ring is 1. The summed E-state index contributed by atoms with van der Waals surface area (Å²) in [4.78, 5) is 24.3. The molecule has 0 saturated carbocycles. The molecular weight excluding hydrogens is 408 g/mol. The normalized spacial score (nSPS) is 11.0. The average Bonchev–Trinajstić information content (AvgIpc) is 3.09. The molecule has 0 aliphatic carbocycles. The maximum absolute atomic E-state index is 13.9. The SMILES string of the molecule is Nc1cccn(Cc2cc3cccc(OCc4ccc(F)cc4F)c3n2C(=O)O)c1=O. The van der Waals surface area contributed by atoms with Gasteiger partial charge in [0.1, 0.15) is 29.5 Å². The number of aromatic nitrogens is 2. The molecule has 4 rings (SSSR count). The van der Waals surface area contributed by atoms with Crippen LogP contribution in [0.4, 0.5) is 19.3 Å². The molecular formula is C22H17F2N3O4. The lowest BCUT2D eigenvalue weighted by Crippen LogP contribution is -2.24. The van der Waals surface area contributed by atoms with Crippen LogP contribution in [-0.2, 0) is 13.2 Å². The Balaban J connectivity index is 1.75. The van der Waals surface area contributed by atoms with Gasteiger partial charge in [0.2, 0.25) is 0 Å². The van der Waals surface area contributed by atoms with Gasteiger partial charge >= 0.3 is 6.09 Å². The quantitative estimate of drug-likeness (QED) is 0.507. The van der Waals surface area contributed by atoms with E-state index in [1.807, 2.05) is 0 Å². The van der Waals surface area contributed by atoms with Crippen molar-refractivity contribution in [2.45, 2.75) is 13.2 Å². The van der Waals surface area contributed by atoms with E-state index in [-0.39, 0.29) is 35.7 Å². The Hall–Kier alpha value is -4.14. The fourth-order valence-corrected chi connectivity index (χ4v) is 3.38. The summed E-state index contributed by atoms with van der Waals surface area (Å²) in [6, 6.07) is 12.7. The van der Waals surface area contributed by atoms with Crippen molar-refractivity contribution in [1.29, 1.82) is 0 Å². The van der Waals surface area contributed by atoms with Crippen molar-refractivity contribution in [3.8, 4) is 5.75 Å². The number of anilines is 1. The van der Waals surface area contributed by atoms with E-state index in [1.165, 1.54) is 22.9 Å². The summed E-state index contributed by atoms with van der Waals surface area (Å²) in [5, 5.41) is 10.4. The number of carbonyl (C=O) groups is 1. The van der Waals surface area contributed by atoms with Gasteiger partial charge in [-0.25, -0.2) is 18.1 Å². The van der Waals surface area contributed by atoms with Gasteiger partial charge in [0, 0.05) is 23.2 Å². The van der Waals surface area contributed by atoms with Crippen molar-refractivity contribution >= 4 is 22.7 Å². The van der Waals surface area contributed by atoms with Gasteiger partial charge in [-0.1, -0.05) is 12.1 Å². The van der Waals surface area contributed by atoms with Crippen LogP contribution in [0, 0.1) is 11.6 Å². The topological polar surface area (TPSA) is 99.5 Å². The molecule has 3 N–H and O–H groups in total. The van der Waals surface area contributed by atoms with Crippen molar-refractivity contribution in [3.05, 3.63) is 94.0 Å². The third kappa shape index (κ3) is 3.85. The molecule has 158 valence electrons. The minimum atomic E-state index is -1.27. The lowest BCUT2D eigenvalue weighted by Gasteiger charge is -2.12. The first-order valence-corrected chi connectivity index (χ1v) is 9.23. The molecule has 0 bridgehead atoms. The maximum Gasteiger partial charge on any atom is 0.416 e. The molecule has 2 heterocycles. The Morgan fingerprint density at radius 2 is 1.90 bits per heavy atom. The summed E-state index contributed by atoms with van der Waals surface area (Å²) in [5.41, 5.74) is 5.96. The zero-order valence-electron chi connectivity index (χ0n) is 16.1. The first kappa shape index (κ1) is 20.1. The van der Waals surface area contributed by atoms with Crippen LogP contribution in [-0.4, -0.2) is 20.3 Å². The second-order valence-electron chi connectivity index (χ2n) is 6.87. The van der Waals surface area contributed by atoms with Crippen molar-refractivity contribution in [3.63, 3.8) is 0 Å². The minimum Gasteiger partial charge on any atom is -0.487 e. The summed E-state index contributed by atoms with van der Waals surface area (Å²) in [7, 11) is 0. The van der Waals surface area contributed by atoms with Gasteiger partial charge in [0.15, 0.2) is 0 Å². The highest BCUT2D eigenvalue weighted by Crippen LogP contribution is 2.30. The fourth-order valence-electron chi connectivity index (χ4n) is 3.38. The number of para-hydroxylation sites is 1. The molecule has 0 saturated heterocycles. The van der Waals surface area contributed by atoms with Gasteiger partial charge in [-0.2, -0.15) is 0 Å². The number of pyridine rings is 1. The van der Waals surface area contributed by atoms with Gasteiger partial charge in [-0.15, -0.1) is 0 Å². The fraction of sp³-hybridized carbons (Fsp3) is 0.0909. The molecule has 2 aromatic carbocycles. The van der Waals surface area contributed by atoms with Crippen molar-refractivity contribution in [2.75, 3.05) is 5.73 Å². The first-order chi connectivity index (χ1) is 14.8. The number of nitrogens with two attached hydrogens (primary N) is 1. The summed E-state index contributed by atoms with van der Waals surface area (Å²) in [6.07, 6.45) is 0.239. The van der Waals surface area contributed by atoms with E-state index >= 15 is 0 Å². The number of ether oxygens (including phenoxy) is 1. The molecule has 4 aromatic rings. The van der Waals surface area contributed by atoms with E-state index in [0.29, 0.717) is 11.1 Å². The number of halogens is 2. The Morgan fingerprint density at radius 1 is 1.10 bits per heavy atom. The van der Waals surface area contributed by atoms with E-state index in [1.54, 1.807) is 30.3 Å². The zero-order valence-corrected chi connectivity index (χ0v) is 16.1. The van der Waals surface area contributed by atoms with E-state index in [0.717, 1.165) is 16.7 Å². The summed E-state index contributed by atoms with van der Waals surface area (Å²) in [5.74, 6) is -1.26. The summed E-state index contributed by atoms with van der Waals surface area (Å²) >= 11 is 0. The number of carboxylic acid groups (broad SMARTS) is 1. The molecule has 0 radical (unpaired) electrons. The summed E-state index contributed by atoms with van der Waals surface area (Å²) in [6.45, 7) is -0.253. The number of nitrogens with zero attached hydrogens (tertiary/aromatic N) is 2. The Bertz CT molecular complexity index is 1360. The van der Waals surface area contributed by atoms with E-state index in [4.69, 9.17) is 10.5 Å². The Labute approximate surface area is 174 Å². The lowest BCUT2D eigenvalue weighted by atomic mass is 10.2. The first-order valence-electron chi connectivity index (χ1n) is 9.23. The third-order valence-corrected chi connectivity index (χ3v) is 4.83. The number of hydrogen-bond donors (Lipinski definition) is 2. The third-order valence-electron chi connectivity index (χ3n) is 4.83. The van der Waals surface area contributed by atoms with Gasteiger partial charge in [0.05, 0.1) is 17.9 Å². The van der Waals surface area contributed by atoms with E-state index in [9.17, 15) is 23.5 Å². The highest BCUT2D eigenvalue weighted by Gasteiger charge is 2.19. The van der Waals surface area contributed by atoms with Crippen LogP contribution in [0.3, 0.4) is 0 Å². The summed E-state index contributed by atoms with van der Waals surface area (Å²) < 4.78 is 35.1. The predicted molar refractivity (Wildman–Crippen MR) is 110 cm³/mol. The van der Waals surface area contributed by atoms with Crippen LogP contribution in [0.15, 0.2) is 65.6 Å². The van der Waals surface area contributed by atoms with Crippen LogP contribution in [0.25, 0.3) is 10.9 Å². The molecule has 9 heteroatoms. The molecule has 0 aliphatic heterocycles. The molecule has 0 unspecified atom stereocenters. The highest BCUT2D eigenvalue weighted by atomic mass is 19.1. The zero-order chi connectivity index (χ0) is 22.1. The highest BCUT2D eigenvalue weighted by molar-refractivity contribution is 5.94. The van der Waals surface area contributed by atoms with E-state index in [2.05, 4.69) is 0 Å². The smallest absolute Gasteiger partial charge is 0.416 e.